The van der Waals surface area contributed by atoms with Crippen molar-refractivity contribution in [2.45, 2.75) is 63.3 Å². The maximum atomic E-state index is 11.8. The van der Waals surface area contributed by atoms with Crippen LogP contribution in [0.25, 0.3) is 0 Å². The lowest BCUT2D eigenvalue weighted by atomic mass is 9.69. The van der Waals surface area contributed by atoms with E-state index in [9.17, 15) is 9.90 Å². The van der Waals surface area contributed by atoms with Gasteiger partial charge in [-0.15, -0.1) is 0 Å². The summed E-state index contributed by atoms with van der Waals surface area (Å²) in [5, 5.41) is 9.98. The number of fused-ring (bicyclic) bond motifs is 2. The number of ether oxygens (including phenoxy) is 2. The fraction of sp³-hybridized carbons (Fsp3) is 0.542. The van der Waals surface area contributed by atoms with Gasteiger partial charge < -0.3 is 19.0 Å². The predicted octanol–water partition coefficient (Wildman–Crippen LogP) is 4.34. The second-order valence-corrected chi connectivity index (χ2v) is 14.5. The first-order chi connectivity index (χ1) is 14.0. The molecule has 3 rings (SSSR count). The molecule has 1 aliphatic carbocycles. The maximum absolute atomic E-state index is 11.8. The summed E-state index contributed by atoms with van der Waals surface area (Å²) in [6.07, 6.45) is 8.04. The lowest BCUT2D eigenvalue weighted by Gasteiger charge is -2.41. The molecule has 0 saturated carbocycles. The molecule has 1 heterocycles. The lowest BCUT2D eigenvalue weighted by molar-refractivity contribution is -0.110. The molecule has 164 valence electrons. The number of allylic oxidation sites excluding steroid dienone is 4. The Hall–Kier alpha value is -1.89. The van der Waals surface area contributed by atoms with Crippen molar-refractivity contribution in [3.63, 3.8) is 0 Å². The number of rotatable bonds is 6. The Morgan fingerprint density at radius 1 is 1.23 bits per heavy atom. The highest BCUT2D eigenvalue weighted by molar-refractivity contribution is 6.74. The molecule has 1 spiro atoms. The molecular weight excluding hydrogens is 396 g/mol. The molecule has 1 aromatic carbocycles. The second kappa shape index (κ2) is 8.33. The van der Waals surface area contributed by atoms with E-state index >= 15 is 0 Å². The average molecular weight is 431 g/mol. The maximum Gasteiger partial charge on any atom is 0.191 e. The Kier molecular flexibility index (Phi) is 6.32. The molecule has 1 atom stereocenters. The van der Waals surface area contributed by atoms with E-state index in [0.717, 1.165) is 17.5 Å². The molecule has 6 heteroatoms. The summed E-state index contributed by atoms with van der Waals surface area (Å²) in [6.45, 7) is 11.7. The van der Waals surface area contributed by atoms with Crippen LogP contribution in [0.4, 0.5) is 0 Å². The van der Waals surface area contributed by atoms with Gasteiger partial charge in [0.2, 0.25) is 0 Å². The molecule has 5 nitrogen and oxygen atoms in total. The van der Waals surface area contributed by atoms with E-state index in [0.29, 0.717) is 24.5 Å². The largest absolute Gasteiger partial charge is 0.493 e. The number of ketones is 1. The molecule has 30 heavy (non-hydrogen) atoms. The zero-order chi connectivity index (χ0) is 22.2. The van der Waals surface area contributed by atoms with Crippen LogP contribution in [0, 0.1) is 0 Å². The number of aliphatic hydroxyl groups is 1. The third-order valence-corrected chi connectivity index (χ3v) is 11.2. The summed E-state index contributed by atoms with van der Waals surface area (Å²) >= 11 is 0. The van der Waals surface area contributed by atoms with Crippen LogP contribution in [0.5, 0.6) is 11.5 Å². The van der Waals surface area contributed by atoms with Gasteiger partial charge in [-0.1, -0.05) is 39.0 Å². The van der Waals surface area contributed by atoms with Gasteiger partial charge in [0, 0.05) is 24.0 Å². The van der Waals surface area contributed by atoms with Gasteiger partial charge in [0.1, 0.15) is 6.10 Å². The van der Waals surface area contributed by atoms with Crippen LogP contribution < -0.4 is 9.47 Å². The molecule has 0 bridgehead atoms. The summed E-state index contributed by atoms with van der Waals surface area (Å²) in [6, 6.07) is 3.98. The van der Waals surface area contributed by atoms with Crippen molar-refractivity contribution in [2.75, 3.05) is 20.3 Å². The summed E-state index contributed by atoms with van der Waals surface area (Å²) in [4.78, 5) is 11.8. The minimum atomic E-state index is -1.85. The summed E-state index contributed by atoms with van der Waals surface area (Å²) in [5.41, 5.74) is 1.62. The van der Waals surface area contributed by atoms with E-state index in [1.807, 2.05) is 18.2 Å². The topological polar surface area (TPSA) is 65.0 Å². The van der Waals surface area contributed by atoms with Crippen LogP contribution in [0.15, 0.2) is 36.4 Å². The first-order valence-corrected chi connectivity index (χ1v) is 13.5. The van der Waals surface area contributed by atoms with Gasteiger partial charge in [0.05, 0.1) is 13.7 Å². The number of carbonyl (C=O) groups excluding carboxylic acids is 1. The highest BCUT2D eigenvalue weighted by Gasteiger charge is 2.42. The van der Waals surface area contributed by atoms with Gasteiger partial charge in [0.15, 0.2) is 25.6 Å². The zero-order valence-electron chi connectivity index (χ0n) is 19.0. The third kappa shape index (κ3) is 4.27. The fourth-order valence-corrected chi connectivity index (χ4v) is 4.94. The minimum Gasteiger partial charge on any atom is -0.493 e. The van der Waals surface area contributed by atoms with Crippen LogP contribution in [-0.2, 0) is 21.1 Å². The SMILES string of the molecule is COc1ccc(CCO[Si](C)(C)C(C)(C)C)c2c1OC(CO)CC21C=CC(=O)C=C1. The van der Waals surface area contributed by atoms with E-state index in [-0.39, 0.29) is 23.5 Å². The van der Waals surface area contributed by atoms with E-state index in [1.165, 1.54) is 0 Å². The normalized spacial score (nSPS) is 20.2. The van der Waals surface area contributed by atoms with Crippen molar-refractivity contribution in [2.24, 2.45) is 0 Å². The third-order valence-electron chi connectivity index (χ3n) is 6.68. The fourth-order valence-electron chi connectivity index (χ4n) is 3.90. The Labute approximate surface area is 180 Å². The van der Waals surface area contributed by atoms with Gasteiger partial charge in [-0.3, -0.25) is 4.79 Å². The van der Waals surface area contributed by atoms with Crippen molar-refractivity contribution in [3.8, 4) is 11.5 Å². The molecule has 0 saturated heterocycles. The molecule has 0 amide bonds. The molecule has 1 N–H and O–H groups in total. The summed E-state index contributed by atoms with van der Waals surface area (Å²) in [5.74, 6) is 1.26. The summed E-state index contributed by atoms with van der Waals surface area (Å²) < 4.78 is 18.1. The van der Waals surface area contributed by atoms with Gasteiger partial charge in [-0.2, -0.15) is 0 Å². The molecule has 0 radical (unpaired) electrons. The lowest BCUT2D eigenvalue weighted by Crippen LogP contribution is -2.42. The number of benzene rings is 1. The molecule has 1 aromatic rings. The van der Waals surface area contributed by atoms with E-state index in [2.05, 4.69) is 39.9 Å². The van der Waals surface area contributed by atoms with Crippen molar-refractivity contribution in [1.82, 2.24) is 0 Å². The molecule has 2 aliphatic rings. The van der Waals surface area contributed by atoms with Crippen molar-refractivity contribution >= 4 is 14.1 Å². The molecule has 0 aromatic heterocycles. The van der Waals surface area contributed by atoms with Gasteiger partial charge >= 0.3 is 0 Å². The first-order valence-electron chi connectivity index (χ1n) is 10.6. The quantitative estimate of drug-likeness (QED) is 0.680. The van der Waals surface area contributed by atoms with Crippen LogP contribution in [0.3, 0.4) is 0 Å². The number of carbonyl (C=O) groups is 1. The standard InChI is InChI=1S/C24H34O5Si/c1-23(2,3)30(5,6)28-14-11-17-7-8-20(27-4)22-21(17)24(15-19(16-25)29-22)12-9-18(26)10-13-24/h7-10,12-13,19,25H,11,14-16H2,1-6H3. The van der Waals surface area contributed by atoms with Crippen molar-refractivity contribution in [1.29, 1.82) is 0 Å². The van der Waals surface area contributed by atoms with Crippen LogP contribution in [0.1, 0.15) is 38.3 Å². The number of hydrogen-bond donors (Lipinski definition) is 1. The molecular formula is C24H34O5Si. The summed E-state index contributed by atoms with van der Waals surface area (Å²) in [7, 11) is -0.232. The van der Waals surface area contributed by atoms with E-state index < -0.39 is 13.7 Å². The van der Waals surface area contributed by atoms with Gasteiger partial charge in [-0.05, 0) is 48.3 Å². The van der Waals surface area contributed by atoms with E-state index in [4.69, 9.17) is 13.9 Å². The Bertz CT molecular complexity index is 847. The minimum absolute atomic E-state index is 0.0279. The predicted molar refractivity (Wildman–Crippen MR) is 121 cm³/mol. The highest BCUT2D eigenvalue weighted by atomic mass is 28.4. The number of aliphatic hydroxyl groups excluding tert-OH is 1. The Balaban J connectivity index is 2.00. The van der Waals surface area contributed by atoms with Gasteiger partial charge in [-0.25, -0.2) is 0 Å². The number of hydrogen-bond acceptors (Lipinski definition) is 5. The van der Waals surface area contributed by atoms with Gasteiger partial charge in [0.25, 0.3) is 0 Å². The van der Waals surface area contributed by atoms with Crippen molar-refractivity contribution < 1.29 is 23.8 Å². The monoisotopic (exact) mass is 430 g/mol. The first kappa shape index (κ1) is 22.8. The average Bonchev–Trinajstić information content (AvgIpc) is 2.69. The van der Waals surface area contributed by atoms with Crippen LogP contribution in [-0.4, -0.2) is 45.6 Å². The molecule has 1 unspecified atom stereocenters. The zero-order valence-corrected chi connectivity index (χ0v) is 20.0. The Morgan fingerprint density at radius 3 is 2.47 bits per heavy atom. The number of methoxy groups -OCH3 is 1. The molecule has 1 aliphatic heterocycles. The van der Waals surface area contributed by atoms with Crippen molar-refractivity contribution in [3.05, 3.63) is 47.6 Å². The van der Waals surface area contributed by atoms with Crippen LogP contribution >= 0.6 is 0 Å². The van der Waals surface area contributed by atoms with E-state index in [1.54, 1.807) is 19.3 Å². The second-order valence-electron chi connectivity index (χ2n) is 9.73. The Morgan fingerprint density at radius 2 is 1.90 bits per heavy atom. The highest BCUT2D eigenvalue weighted by Crippen LogP contribution is 2.50. The molecule has 0 fully saturated rings. The van der Waals surface area contributed by atoms with Crippen LogP contribution in [0.2, 0.25) is 18.1 Å². The smallest absolute Gasteiger partial charge is 0.191 e.